The molecule has 1 aliphatic carbocycles. The number of fused-ring (bicyclic) bond motifs is 2. The van der Waals surface area contributed by atoms with Crippen LogP contribution in [0, 0.1) is 47.6 Å². The van der Waals surface area contributed by atoms with Crippen LogP contribution in [0.25, 0.3) is 0 Å². The molecule has 2 atom stereocenters. The quantitative estimate of drug-likeness (QED) is 0.00631. The van der Waals surface area contributed by atoms with Gasteiger partial charge in [-0.05, 0) is 221 Å². The van der Waals surface area contributed by atoms with E-state index in [0.29, 0.717) is 46.7 Å². The number of nitro groups is 2. The molecule has 7 aromatic rings. The van der Waals surface area contributed by atoms with Crippen LogP contribution < -0.4 is 124 Å². The number of nitroso groups, excluding NO2 is 1. The number of guanidine groups is 1. The number of aliphatic imine (C=N–C) groups is 1. The van der Waals surface area contributed by atoms with Gasteiger partial charge in [-0.1, -0.05) is 110 Å². The Morgan fingerprint density at radius 2 is 0.836 bits per heavy atom. The smallest absolute Gasteiger partial charge is 0.784 e. The maximum absolute atomic E-state index is 12.4. The van der Waals surface area contributed by atoms with Crippen molar-refractivity contribution in [2.75, 3.05) is 15.2 Å². The fraction of sp³-hybridized carbons (Fsp3) is 0.430. The van der Waals surface area contributed by atoms with E-state index >= 15 is 0 Å². The van der Waals surface area contributed by atoms with E-state index in [4.69, 9.17) is 47.5 Å². The van der Waals surface area contributed by atoms with Gasteiger partial charge in [0.25, 0.3) is 11.4 Å². The normalized spacial score (nSPS) is 17.2. The van der Waals surface area contributed by atoms with Crippen LogP contribution >= 0.6 is 0 Å². The van der Waals surface area contributed by atoms with E-state index in [2.05, 4.69) is 44.8 Å². The SMILES string of the molecule is C/C(CC(C)(C)N(O)c1ccccc1)=[N+](/[O-])c1ccccc1.CC(C)(C)N(O)C(C)(C)C.CC1(C)C(N)=NC(=N)N1O.CC1(C)C2CCCCC2C(C)(C)N1O.CC1(C)c2ccccc2C(C)(C)N1O.O=NS(=O)(=O)[O-].O=S([O-])[O-].O=[N+]([O-])c1ccc(N(O)c2ccc([N+](=O)[O-])cc2)cc1.ON(c1ccccc1)c1ccccc1.[K+].[K+]. The topological polar surface area (TPSA) is 489 Å². The maximum Gasteiger partial charge on any atom is 1.00 e. The van der Waals surface area contributed by atoms with E-state index in [-0.39, 0.29) is 159 Å². The van der Waals surface area contributed by atoms with Gasteiger partial charge < -0.3 is 40.2 Å². The molecule has 3 aliphatic heterocycles. The van der Waals surface area contributed by atoms with E-state index in [1.54, 1.807) is 38.0 Å². The fourth-order valence-electron chi connectivity index (χ4n) is 13.4. The second-order valence-electron chi connectivity index (χ2n) is 32.0. The Bertz CT molecular complexity index is 4250. The molecular formula is C79H111K2N14O19S2-. The second kappa shape index (κ2) is 46.4. The summed E-state index contributed by atoms with van der Waals surface area (Å²) in [6.45, 7) is 37.8. The summed E-state index contributed by atoms with van der Waals surface area (Å²) in [5.74, 6) is 1.41. The van der Waals surface area contributed by atoms with Gasteiger partial charge in [-0.2, -0.15) is 24.9 Å². The number of nitrogens with zero attached hydrogens (tertiary/aromatic N) is 12. The van der Waals surface area contributed by atoms with Crippen LogP contribution in [0.4, 0.5) is 45.5 Å². The summed E-state index contributed by atoms with van der Waals surface area (Å²) in [5.41, 5.74) is 9.43. The van der Waals surface area contributed by atoms with Crippen LogP contribution in [0.5, 0.6) is 0 Å². The van der Waals surface area contributed by atoms with Crippen molar-refractivity contribution >= 4 is 84.7 Å². The number of amidine groups is 1. The van der Waals surface area contributed by atoms with Crippen molar-refractivity contribution in [3.05, 3.63) is 236 Å². The molecular weight excluding hydrogens is 1590 g/mol. The van der Waals surface area contributed by atoms with Gasteiger partial charge in [-0.15, -0.1) is 16.3 Å². The van der Waals surface area contributed by atoms with Gasteiger partial charge in [0.1, 0.15) is 11.4 Å². The van der Waals surface area contributed by atoms with Crippen molar-refractivity contribution in [1.82, 2.24) is 20.3 Å². The molecule has 1 saturated heterocycles. The van der Waals surface area contributed by atoms with E-state index < -0.39 is 42.6 Å². The van der Waals surface area contributed by atoms with Crippen molar-refractivity contribution < 1.29 is 180 Å². The van der Waals surface area contributed by atoms with Gasteiger partial charge in [-0.25, -0.2) is 23.6 Å². The van der Waals surface area contributed by atoms with Gasteiger partial charge >= 0.3 is 103 Å². The molecule has 0 spiro atoms. The first-order valence-electron chi connectivity index (χ1n) is 36.0. The van der Waals surface area contributed by atoms with E-state index in [1.165, 1.54) is 110 Å². The standard InChI is InChI=1S/C18H22N2O2.C12H9N3O5.C12H23NO.C12H17NO.C12H11NO.C8H19NO.C5H10N4O.2K.HNO4S.H2O3S/c1-15(19(21)16-10-6-4-7-11-16)14-18(2,3)20(22)17-12-8-5-9-13-17;16-13(9-1-5-11(6-2-9)14(17)18)10-3-7-12(8-4-10)15(19)20;2*1-11(2)9-7-5-6-8-10(9)12(3,4)13(11)14;14-13(11-7-3-1-4-8-11)12-9-5-2-6-10-12;1-7(2,3)9(10)8(4,5)6;1-5(2)3(6)8-4(7)9(5)10;;;2-1-6(3,4)5;1-4(2)3/h4-13,22H,14H2,1-3H3;1-8,16H;9-10,14H,5-8H2,1-4H3;5-8,14H,1-4H3;1-10,14H;10H,1-6H3;10H,1-2H3,(H3,6,7,8);;;(H,3,4,5);(H2,1,2,3)/q;;;;;;;2*+1;;/p-3/b19-15-;;;;;;;;;;. The van der Waals surface area contributed by atoms with Gasteiger partial charge in [0, 0.05) is 65.5 Å². The number of nitrogens with one attached hydrogen (secondary N) is 1. The third-order valence-electron chi connectivity index (χ3n) is 19.1. The molecule has 116 heavy (non-hydrogen) atoms. The van der Waals surface area contributed by atoms with Crippen LogP contribution in [0.2, 0.25) is 0 Å². The number of rotatable bonds is 12. The van der Waals surface area contributed by atoms with Crippen LogP contribution in [-0.4, -0.2) is 148 Å². The Hall–Kier alpha value is -6.40. The third-order valence-corrected chi connectivity index (χ3v) is 19.3. The molecule has 0 amide bonds. The Morgan fingerprint density at radius 1 is 0.543 bits per heavy atom. The van der Waals surface area contributed by atoms with E-state index in [0.717, 1.165) is 26.2 Å². The summed E-state index contributed by atoms with van der Waals surface area (Å²) in [7, 11) is -4.84. The zero-order valence-electron chi connectivity index (χ0n) is 70.0. The number of hydroxylamine groups is 9. The Labute approximate surface area is 768 Å². The molecule has 1 saturated carbocycles. The molecule has 0 bridgehead atoms. The van der Waals surface area contributed by atoms with Crippen LogP contribution in [-0.2, 0) is 32.7 Å². The molecule has 0 radical (unpaired) electrons. The Balaban J connectivity index is 0.000000671. The molecule has 626 valence electrons. The van der Waals surface area contributed by atoms with Gasteiger partial charge in [0.15, 0.2) is 5.71 Å². The number of nitrogens with two attached hydrogens (primary N) is 1. The fourth-order valence-corrected chi connectivity index (χ4v) is 13.4. The molecule has 3 heterocycles. The zero-order valence-corrected chi connectivity index (χ0v) is 77.8. The van der Waals surface area contributed by atoms with Gasteiger partial charge in [0.05, 0.1) is 65.9 Å². The molecule has 2 fully saturated rings. The number of hydrogen-bond donors (Lipinski definition) is 9. The van der Waals surface area contributed by atoms with Crippen molar-refractivity contribution in [1.29, 1.82) is 5.41 Å². The summed E-state index contributed by atoms with van der Waals surface area (Å²) in [6, 6.07) is 56.0. The van der Waals surface area contributed by atoms with E-state index in [9.17, 15) is 56.7 Å². The van der Waals surface area contributed by atoms with E-state index in [1.807, 2.05) is 204 Å². The number of anilines is 5. The first kappa shape index (κ1) is 108. The predicted molar refractivity (Wildman–Crippen MR) is 435 cm³/mol. The third kappa shape index (κ3) is 31.3. The van der Waals surface area contributed by atoms with Gasteiger partial charge in [0.2, 0.25) is 22.0 Å². The minimum absolute atomic E-state index is 0. The maximum atomic E-state index is 12.4. The van der Waals surface area contributed by atoms with Crippen molar-refractivity contribution in [2.24, 2.45) is 27.1 Å². The summed E-state index contributed by atoms with van der Waals surface area (Å²) in [5, 5.41) is 118. The number of hydrogen-bond acceptors (Lipinski definition) is 27. The minimum atomic E-state index is -4.84. The van der Waals surface area contributed by atoms with Crippen LogP contribution in [0.3, 0.4) is 0 Å². The Kier molecular flexibility index (Phi) is 43.1. The first-order chi connectivity index (χ1) is 52.4. The average Bonchev–Trinajstić information content (AvgIpc) is 1.58. The molecule has 0 aromatic heterocycles. The van der Waals surface area contributed by atoms with Crippen molar-refractivity contribution in [3.8, 4) is 0 Å². The number of non-ortho nitro benzene ring substituents is 2. The van der Waals surface area contributed by atoms with Crippen LogP contribution in [0.15, 0.2) is 204 Å². The van der Waals surface area contributed by atoms with Crippen molar-refractivity contribution in [2.45, 2.75) is 208 Å². The number of benzene rings is 7. The molecule has 37 heteroatoms. The zero-order chi connectivity index (χ0) is 87.1. The second-order valence-corrected chi connectivity index (χ2v) is 33.4. The summed E-state index contributed by atoms with van der Waals surface area (Å²) in [4.78, 5) is 32.2. The molecule has 2 unspecified atom stereocenters. The summed E-state index contributed by atoms with van der Waals surface area (Å²) < 4.78 is 54.3. The number of para-hydroxylation sites is 4. The number of nitro benzene ring substituents is 2. The predicted octanol–water partition coefficient (Wildman–Crippen LogP) is 10.8. The molecule has 10 N–H and O–H groups in total. The van der Waals surface area contributed by atoms with Crippen molar-refractivity contribution in [3.63, 3.8) is 0 Å². The summed E-state index contributed by atoms with van der Waals surface area (Å²) in [6.07, 6.45) is 5.70. The van der Waals surface area contributed by atoms with Crippen LogP contribution in [0.1, 0.15) is 175 Å². The Morgan fingerprint density at radius 3 is 1.09 bits per heavy atom. The largest absolute Gasteiger partial charge is 1.00 e. The summed E-state index contributed by atoms with van der Waals surface area (Å²) >= 11 is -3.11. The molecule has 4 aliphatic rings. The monoisotopic (exact) mass is 1700 g/mol. The van der Waals surface area contributed by atoms with Gasteiger partial charge in [-0.3, -0.25) is 55.7 Å². The molecule has 11 rings (SSSR count). The molecule has 7 aromatic carbocycles. The average molecular weight is 1700 g/mol. The first-order valence-corrected chi connectivity index (χ1v) is 38.4. The molecule has 33 nitrogen and oxygen atoms in total. The minimum Gasteiger partial charge on any atom is -0.784 e.